The fraction of sp³-hybridized carbons (Fsp3) is 0.625. The summed E-state index contributed by atoms with van der Waals surface area (Å²) in [5.74, 6) is 0.862. The molecule has 1 fully saturated rings. The molecule has 2 heterocycles. The van der Waals surface area contributed by atoms with Gasteiger partial charge in [0.05, 0.1) is 5.56 Å². The summed E-state index contributed by atoms with van der Waals surface area (Å²) in [6.45, 7) is 9.16. The van der Waals surface area contributed by atoms with Crippen molar-refractivity contribution in [1.82, 2.24) is 10.3 Å². The first-order chi connectivity index (χ1) is 9.65. The highest BCUT2D eigenvalue weighted by Gasteiger charge is 2.21. The lowest BCUT2D eigenvalue weighted by atomic mass is 10.1. The average molecular weight is 272 g/mol. The molecule has 0 saturated carbocycles. The summed E-state index contributed by atoms with van der Waals surface area (Å²) in [5, 5.41) is 13.0. The molecule has 1 saturated heterocycles. The highest BCUT2D eigenvalue weighted by molar-refractivity contribution is 5.58. The number of aromatic nitrogens is 1. The quantitative estimate of drug-likeness (QED) is 0.895. The third kappa shape index (κ3) is 3.29. The topological polar surface area (TPSA) is 52.0 Å². The molecule has 4 nitrogen and oxygen atoms in total. The Labute approximate surface area is 121 Å². The molecule has 1 aliphatic rings. The molecule has 0 aliphatic carbocycles. The number of pyridine rings is 1. The Morgan fingerprint density at radius 3 is 2.90 bits per heavy atom. The van der Waals surface area contributed by atoms with Crippen molar-refractivity contribution >= 4 is 5.82 Å². The number of aryl methyl sites for hydroxylation is 2. The Morgan fingerprint density at radius 2 is 2.30 bits per heavy atom. The van der Waals surface area contributed by atoms with Crippen LogP contribution in [-0.4, -0.2) is 30.7 Å². The number of hydrogen-bond donors (Lipinski definition) is 1. The minimum Gasteiger partial charge on any atom is -0.354 e. The Kier molecular flexibility index (Phi) is 4.97. The van der Waals surface area contributed by atoms with Crippen LogP contribution in [0.5, 0.6) is 0 Å². The van der Waals surface area contributed by atoms with Gasteiger partial charge >= 0.3 is 0 Å². The van der Waals surface area contributed by atoms with E-state index in [-0.39, 0.29) is 0 Å². The monoisotopic (exact) mass is 272 g/mol. The summed E-state index contributed by atoms with van der Waals surface area (Å²) < 4.78 is 0. The van der Waals surface area contributed by atoms with Crippen LogP contribution in [0.25, 0.3) is 0 Å². The first-order valence-electron chi connectivity index (χ1n) is 7.52. The number of rotatable bonds is 5. The first-order valence-corrected chi connectivity index (χ1v) is 7.52. The molecule has 1 aliphatic heterocycles. The molecule has 0 radical (unpaired) electrons. The maximum absolute atomic E-state index is 9.44. The summed E-state index contributed by atoms with van der Waals surface area (Å²) >= 11 is 0. The fourth-order valence-corrected chi connectivity index (χ4v) is 2.92. The van der Waals surface area contributed by atoms with Gasteiger partial charge in [-0.05, 0) is 51.3 Å². The summed E-state index contributed by atoms with van der Waals surface area (Å²) in [5.41, 5.74) is 2.73. The standard InChI is InChI=1S/C16H24N4/c1-4-8-20(11-14-6-5-7-18-14)16-15(10-17)12(2)9-13(3)19-16/h9,14,18H,4-8,11H2,1-3H3. The lowest BCUT2D eigenvalue weighted by Crippen LogP contribution is -2.39. The van der Waals surface area contributed by atoms with Crippen molar-refractivity contribution in [2.75, 3.05) is 24.5 Å². The molecule has 2 rings (SSSR count). The van der Waals surface area contributed by atoms with Gasteiger partial charge in [-0.3, -0.25) is 0 Å². The molecule has 4 heteroatoms. The smallest absolute Gasteiger partial charge is 0.147 e. The van der Waals surface area contributed by atoms with E-state index in [4.69, 9.17) is 0 Å². The summed E-state index contributed by atoms with van der Waals surface area (Å²) in [4.78, 5) is 6.92. The van der Waals surface area contributed by atoms with Crippen molar-refractivity contribution in [2.24, 2.45) is 0 Å². The largest absolute Gasteiger partial charge is 0.354 e. The van der Waals surface area contributed by atoms with Gasteiger partial charge in [0.15, 0.2) is 0 Å². The SMILES string of the molecule is CCCN(CC1CCCN1)c1nc(C)cc(C)c1C#N. The van der Waals surface area contributed by atoms with Crippen LogP contribution in [0.1, 0.15) is 43.0 Å². The van der Waals surface area contributed by atoms with Crippen LogP contribution in [0.2, 0.25) is 0 Å². The molecule has 1 N–H and O–H groups in total. The van der Waals surface area contributed by atoms with Gasteiger partial charge in [0.25, 0.3) is 0 Å². The van der Waals surface area contributed by atoms with E-state index in [1.54, 1.807) is 0 Å². The first kappa shape index (κ1) is 14.8. The van der Waals surface area contributed by atoms with Gasteiger partial charge < -0.3 is 10.2 Å². The fourth-order valence-electron chi connectivity index (χ4n) is 2.92. The molecule has 108 valence electrons. The number of hydrogen-bond acceptors (Lipinski definition) is 4. The molecule has 0 amide bonds. The molecule has 0 bridgehead atoms. The van der Waals surface area contributed by atoms with Gasteiger partial charge in [-0.15, -0.1) is 0 Å². The van der Waals surface area contributed by atoms with Crippen LogP contribution in [0.4, 0.5) is 5.82 Å². The minimum absolute atomic E-state index is 0.524. The zero-order valence-electron chi connectivity index (χ0n) is 12.7. The van der Waals surface area contributed by atoms with E-state index in [1.807, 2.05) is 19.9 Å². The van der Waals surface area contributed by atoms with E-state index in [0.717, 1.165) is 48.7 Å². The Morgan fingerprint density at radius 1 is 1.50 bits per heavy atom. The van der Waals surface area contributed by atoms with Crippen molar-refractivity contribution in [2.45, 2.75) is 46.1 Å². The van der Waals surface area contributed by atoms with Crippen molar-refractivity contribution < 1.29 is 0 Å². The summed E-state index contributed by atoms with van der Waals surface area (Å²) in [6, 6.07) is 4.84. The summed E-state index contributed by atoms with van der Waals surface area (Å²) in [6.07, 6.45) is 3.52. The second-order valence-corrected chi connectivity index (χ2v) is 5.63. The van der Waals surface area contributed by atoms with Gasteiger partial charge in [0.2, 0.25) is 0 Å². The van der Waals surface area contributed by atoms with Gasteiger partial charge in [0, 0.05) is 24.8 Å². The molecule has 1 aromatic rings. The predicted octanol–water partition coefficient (Wildman–Crippen LogP) is 2.54. The Balaban J connectivity index is 2.30. The average Bonchev–Trinajstić information content (AvgIpc) is 2.90. The van der Waals surface area contributed by atoms with Crippen molar-refractivity contribution in [1.29, 1.82) is 5.26 Å². The van der Waals surface area contributed by atoms with Crippen molar-refractivity contribution in [3.05, 3.63) is 22.9 Å². The van der Waals surface area contributed by atoms with Gasteiger partial charge in [0.1, 0.15) is 11.9 Å². The number of anilines is 1. The van der Waals surface area contributed by atoms with Crippen LogP contribution in [0, 0.1) is 25.2 Å². The number of nitriles is 1. The van der Waals surface area contributed by atoms with Crippen LogP contribution in [0.15, 0.2) is 6.07 Å². The van der Waals surface area contributed by atoms with Crippen LogP contribution in [0.3, 0.4) is 0 Å². The van der Waals surface area contributed by atoms with Crippen LogP contribution in [-0.2, 0) is 0 Å². The number of nitrogens with zero attached hydrogens (tertiary/aromatic N) is 3. The Bertz CT molecular complexity index is 498. The van der Waals surface area contributed by atoms with E-state index in [0.29, 0.717) is 6.04 Å². The lowest BCUT2D eigenvalue weighted by molar-refractivity contribution is 0.574. The molecule has 0 aromatic carbocycles. The maximum atomic E-state index is 9.44. The lowest BCUT2D eigenvalue weighted by Gasteiger charge is -2.28. The molecule has 1 aromatic heterocycles. The zero-order chi connectivity index (χ0) is 14.5. The van der Waals surface area contributed by atoms with E-state index in [1.165, 1.54) is 12.8 Å². The van der Waals surface area contributed by atoms with Crippen LogP contribution >= 0.6 is 0 Å². The predicted molar refractivity (Wildman–Crippen MR) is 82.0 cm³/mol. The number of nitrogens with one attached hydrogen (secondary N) is 1. The zero-order valence-corrected chi connectivity index (χ0v) is 12.7. The second-order valence-electron chi connectivity index (χ2n) is 5.63. The molecular weight excluding hydrogens is 248 g/mol. The van der Waals surface area contributed by atoms with Gasteiger partial charge in [-0.2, -0.15) is 5.26 Å². The van der Waals surface area contributed by atoms with Crippen molar-refractivity contribution in [3.63, 3.8) is 0 Å². The van der Waals surface area contributed by atoms with Gasteiger partial charge in [-0.1, -0.05) is 6.92 Å². The highest BCUT2D eigenvalue weighted by Crippen LogP contribution is 2.23. The molecule has 20 heavy (non-hydrogen) atoms. The maximum Gasteiger partial charge on any atom is 0.147 e. The summed E-state index contributed by atoms with van der Waals surface area (Å²) in [7, 11) is 0. The van der Waals surface area contributed by atoms with E-state index < -0.39 is 0 Å². The Hall–Kier alpha value is -1.60. The highest BCUT2D eigenvalue weighted by atomic mass is 15.2. The molecular formula is C16H24N4. The molecule has 1 unspecified atom stereocenters. The third-order valence-corrected chi connectivity index (χ3v) is 3.83. The van der Waals surface area contributed by atoms with E-state index >= 15 is 0 Å². The minimum atomic E-state index is 0.524. The molecule has 0 spiro atoms. The normalized spacial score (nSPS) is 18.0. The molecule has 1 atom stereocenters. The van der Waals surface area contributed by atoms with E-state index in [2.05, 4.69) is 28.2 Å². The van der Waals surface area contributed by atoms with Crippen LogP contribution < -0.4 is 10.2 Å². The third-order valence-electron chi connectivity index (χ3n) is 3.83. The van der Waals surface area contributed by atoms with Gasteiger partial charge in [-0.25, -0.2) is 4.98 Å². The van der Waals surface area contributed by atoms with Crippen molar-refractivity contribution in [3.8, 4) is 6.07 Å². The second kappa shape index (κ2) is 6.71. The van der Waals surface area contributed by atoms with E-state index in [9.17, 15) is 5.26 Å².